The van der Waals surface area contributed by atoms with Gasteiger partial charge in [0, 0.05) is 6.54 Å². The third-order valence-electron chi connectivity index (χ3n) is 3.40. The van der Waals surface area contributed by atoms with Gasteiger partial charge in [-0.1, -0.05) is 42.0 Å². The molecule has 5 heteroatoms. The molecule has 0 heterocycles. The summed E-state index contributed by atoms with van der Waals surface area (Å²) in [6, 6.07) is 14.5. The Hall–Kier alpha value is -2.82. The summed E-state index contributed by atoms with van der Waals surface area (Å²) < 4.78 is 4.70. The van der Waals surface area contributed by atoms with E-state index in [1.165, 1.54) is 12.7 Å². The molecule has 0 aromatic heterocycles. The van der Waals surface area contributed by atoms with Crippen molar-refractivity contribution >= 4 is 17.7 Å². The van der Waals surface area contributed by atoms with Crippen molar-refractivity contribution in [3.63, 3.8) is 0 Å². The van der Waals surface area contributed by atoms with E-state index in [4.69, 9.17) is 4.74 Å². The number of ether oxygens (including phenoxy) is 1. The fourth-order valence-corrected chi connectivity index (χ4v) is 2.12. The number of carbonyl (C=O) groups is 2. The van der Waals surface area contributed by atoms with Crippen molar-refractivity contribution in [1.82, 2.24) is 5.32 Å². The number of aryl methyl sites for hydroxylation is 1. The molecule has 0 aliphatic rings. The minimum Gasteiger partial charge on any atom is -0.465 e. The van der Waals surface area contributed by atoms with Crippen molar-refractivity contribution in [3.8, 4) is 0 Å². The van der Waals surface area contributed by atoms with Gasteiger partial charge in [0.1, 0.15) is 0 Å². The molecule has 2 amide bonds. The zero-order chi connectivity index (χ0) is 16.7. The summed E-state index contributed by atoms with van der Waals surface area (Å²) in [6.45, 7) is 2.55. The quantitative estimate of drug-likeness (QED) is 0.833. The summed E-state index contributed by atoms with van der Waals surface area (Å²) in [5.41, 5.74) is 3.11. The molecule has 2 aromatic rings. The molecule has 0 spiro atoms. The average Bonchev–Trinajstić information content (AvgIpc) is 2.56. The van der Waals surface area contributed by atoms with Crippen LogP contribution in [0.4, 0.5) is 10.5 Å². The summed E-state index contributed by atoms with van der Waals surface area (Å²) in [4.78, 5) is 23.6. The summed E-state index contributed by atoms with van der Waals surface area (Å²) in [7, 11) is 1.31. The molecule has 2 rings (SSSR count). The topological polar surface area (TPSA) is 67.4 Å². The molecule has 2 N–H and O–H groups in total. The van der Waals surface area contributed by atoms with Gasteiger partial charge in [-0.25, -0.2) is 9.59 Å². The highest BCUT2D eigenvalue weighted by molar-refractivity contribution is 6.00. The van der Waals surface area contributed by atoms with Crippen LogP contribution in [-0.4, -0.2) is 25.7 Å². The number of nitrogens with one attached hydrogen (secondary N) is 2. The third kappa shape index (κ3) is 4.85. The monoisotopic (exact) mass is 312 g/mol. The van der Waals surface area contributed by atoms with Gasteiger partial charge in [-0.05, 0) is 31.0 Å². The second-order valence-corrected chi connectivity index (χ2v) is 5.15. The van der Waals surface area contributed by atoms with Gasteiger partial charge in [-0.15, -0.1) is 0 Å². The molecule has 0 aliphatic heterocycles. The number of hydrogen-bond acceptors (Lipinski definition) is 3. The molecule has 0 bridgehead atoms. The van der Waals surface area contributed by atoms with Gasteiger partial charge in [0.25, 0.3) is 0 Å². The van der Waals surface area contributed by atoms with E-state index in [-0.39, 0.29) is 6.03 Å². The summed E-state index contributed by atoms with van der Waals surface area (Å²) in [5, 5.41) is 5.45. The van der Waals surface area contributed by atoms with E-state index in [2.05, 4.69) is 10.6 Å². The molecule has 23 heavy (non-hydrogen) atoms. The first-order chi connectivity index (χ1) is 11.1. The maximum Gasteiger partial charge on any atom is 0.339 e. The van der Waals surface area contributed by atoms with Crippen molar-refractivity contribution < 1.29 is 14.3 Å². The van der Waals surface area contributed by atoms with Gasteiger partial charge in [0.05, 0.1) is 18.4 Å². The summed E-state index contributed by atoms with van der Waals surface area (Å²) in [5.74, 6) is -0.486. The fraction of sp³-hybridized carbons (Fsp3) is 0.222. The first kappa shape index (κ1) is 16.5. The van der Waals surface area contributed by atoms with Gasteiger partial charge in [0.15, 0.2) is 0 Å². The predicted molar refractivity (Wildman–Crippen MR) is 89.7 cm³/mol. The molecule has 5 nitrogen and oxygen atoms in total. The van der Waals surface area contributed by atoms with E-state index >= 15 is 0 Å². The van der Waals surface area contributed by atoms with Crippen LogP contribution in [0.1, 0.15) is 21.5 Å². The van der Waals surface area contributed by atoms with E-state index in [9.17, 15) is 9.59 Å². The first-order valence-electron chi connectivity index (χ1n) is 7.38. The highest BCUT2D eigenvalue weighted by Crippen LogP contribution is 2.15. The predicted octanol–water partition coefficient (Wildman–Crippen LogP) is 3.15. The van der Waals surface area contributed by atoms with Crippen LogP contribution in [0.5, 0.6) is 0 Å². The minimum atomic E-state index is -0.486. The zero-order valence-corrected chi connectivity index (χ0v) is 13.3. The van der Waals surface area contributed by atoms with Crippen molar-refractivity contribution in [2.75, 3.05) is 19.0 Å². The van der Waals surface area contributed by atoms with E-state index in [1.807, 2.05) is 31.2 Å². The number of anilines is 1. The van der Waals surface area contributed by atoms with E-state index < -0.39 is 5.97 Å². The number of rotatable bonds is 5. The number of carbonyl (C=O) groups excluding carboxylic acids is 2. The smallest absolute Gasteiger partial charge is 0.339 e. The van der Waals surface area contributed by atoms with Gasteiger partial charge in [0.2, 0.25) is 0 Å². The summed E-state index contributed by atoms with van der Waals surface area (Å²) >= 11 is 0. The maximum absolute atomic E-state index is 11.9. The van der Waals surface area contributed by atoms with Crippen molar-refractivity contribution in [2.24, 2.45) is 0 Å². The highest BCUT2D eigenvalue weighted by atomic mass is 16.5. The lowest BCUT2D eigenvalue weighted by atomic mass is 10.1. The van der Waals surface area contributed by atoms with Crippen molar-refractivity contribution in [2.45, 2.75) is 13.3 Å². The van der Waals surface area contributed by atoms with Gasteiger partial charge < -0.3 is 15.4 Å². The third-order valence-corrected chi connectivity index (χ3v) is 3.40. The van der Waals surface area contributed by atoms with Crippen LogP contribution in [0.15, 0.2) is 48.5 Å². The normalized spacial score (nSPS) is 10.0. The number of benzene rings is 2. The van der Waals surface area contributed by atoms with Crippen LogP contribution in [0.3, 0.4) is 0 Å². The Morgan fingerprint density at radius 3 is 2.43 bits per heavy atom. The molecule has 0 unspecified atom stereocenters. The highest BCUT2D eigenvalue weighted by Gasteiger charge is 2.12. The second kappa shape index (κ2) is 7.98. The SMILES string of the molecule is COC(=O)c1ccccc1NC(=O)NCCc1ccc(C)cc1. The number of hydrogen-bond donors (Lipinski definition) is 2. The van der Waals surface area contributed by atoms with Crippen LogP contribution >= 0.6 is 0 Å². The number of urea groups is 1. The lowest BCUT2D eigenvalue weighted by Crippen LogP contribution is -2.31. The Morgan fingerprint density at radius 1 is 1.04 bits per heavy atom. The van der Waals surface area contributed by atoms with Crippen molar-refractivity contribution in [1.29, 1.82) is 0 Å². The van der Waals surface area contributed by atoms with Crippen molar-refractivity contribution in [3.05, 3.63) is 65.2 Å². The van der Waals surface area contributed by atoms with Crippen LogP contribution in [-0.2, 0) is 11.2 Å². The fourth-order valence-electron chi connectivity index (χ4n) is 2.12. The van der Waals surface area contributed by atoms with Crippen LogP contribution in [0.25, 0.3) is 0 Å². The average molecular weight is 312 g/mol. The Balaban J connectivity index is 1.88. The standard InChI is InChI=1S/C18H20N2O3/c1-13-7-9-14(10-8-13)11-12-19-18(22)20-16-6-4-3-5-15(16)17(21)23-2/h3-10H,11-12H2,1-2H3,(H2,19,20,22). The molecule has 120 valence electrons. The molecule has 0 saturated carbocycles. The second-order valence-electron chi connectivity index (χ2n) is 5.15. The van der Waals surface area contributed by atoms with Gasteiger partial charge >= 0.3 is 12.0 Å². The number of amides is 2. The van der Waals surface area contributed by atoms with E-state index in [0.717, 1.165) is 12.0 Å². The largest absolute Gasteiger partial charge is 0.465 e. The Kier molecular flexibility index (Phi) is 5.74. The molecular formula is C18H20N2O3. The van der Waals surface area contributed by atoms with E-state index in [1.54, 1.807) is 24.3 Å². The van der Waals surface area contributed by atoms with Gasteiger partial charge in [-0.2, -0.15) is 0 Å². The molecule has 0 atom stereocenters. The van der Waals surface area contributed by atoms with E-state index in [0.29, 0.717) is 17.8 Å². The Labute approximate surface area is 135 Å². The van der Waals surface area contributed by atoms with Gasteiger partial charge in [-0.3, -0.25) is 0 Å². The molecule has 0 fully saturated rings. The number of para-hydroxylation sites is 1. The van der Waals surface area contributed by atoms with Crippen LogP contribution < -0.4 is 10.6 Å². The minimum absolute atomic E-state index is 0.323. The first-order valence-corrected chi connectivity index (χ1v) is 7.38. The van der Waals surface area contributed by atoms with Crippen LogP contribution in [0.2, 0.25) is 0 Å². The Bertz CT molecular complexity index is 681. The molecule has 0 aliphatic carbocycles. The number of esters is 1. The lowest BCUT2D eigenvalue weighted by Gasteiger charge is -2.10. The Morgan fingerprint density at radius 2 is 1.74 bits per heavy atom. The molecule has 2 aromatic carbocycles. The molecular weight excluding hydrogens is 292 g/mol. The summed E-state index contributed by atoms with van der Waals surface area (Å²) in [6.07, 6.45) is 0.742. The molecule has 0 saturated heterocycles. The van der Waals surface area contributed by atoms with Crippen LogP contribution in [0, 0.1) is 6.92 Å². The number of methoxy groups -OCH3 is 1. The lowest BCUT2D eigenvalue weighted by molar-refractivity contribution is 0.0602. The molecule has 0 radical (unpaired) electrons. The maximum atomic E-state index is 11.9. The zero-order valence-electron chi connectivity index (χ0n) is 13.3.